The van der Waals surface area contributed by atoms with Crippen molar-refractivity contribution in [3.05, 3.63) is 11.8 Å². The van der Waals surface area contributed by atoms with E-state index < -0.39 is 0 Å². The lowest BCUT2D eigenvalue weighted by molar-refractivity contribution is 0.249. The van der Waals surface area contributed by atoms with E-state index in [1.807, 2.05) is 13.2 Å². The van der Waals surface area contributed by atoms with E-state index in [2.05, 4.69) is 46.1 Å². The second-order valence-electron chi connectivity index (χ2n) is 5.13. The van der Waals surface area contributed by atoms with E-state index in [9.17, 15) is 0 Å². The smallest absolute Gasteiger partial charge is 0.224 e. The van der Waals surface area contributed by atoms with Crippen LogP contribution in [-0.4, -0.2) is 55.1 Å². The lowest BCUT2D eigenvalue weighted by atomic mass is 10.0. The van der Waals surface area contributed by atoms with Crippen LogP contribution < -0.4 is 10.2 Å². The van der Waals surface area contributed by atoms with E-state index in [1.165, 1.54) is 12.8 Å². The summed E-state index contributed by atoms with van der Waals surface area (Å²) in [5, 5.41) is 3.00. The minimum atomic E-state index is 0.699. The minimum absolute atomic E-state index is 0.699. The number of aromatic nitrogens is 2. The van der Waals surface area contributed by atoms with Gasteiger partial charge in [0.25, 0.3) is 0 Å². The number of piperidine rings is 1. The summed E-state index contributed by atoms with van der Waals surface area (Å²) >= 11 is 0. The van der Waals surface area contributed by atoms with Crippen LogP contribution in [0.1, 0.15) is 18.4 Å². The van der Waals surface area contributed by atoms with Gasteiger partial charge in [-0.05, 0) is 33.9 Å². The maximum absolute atomic E-state index is 4.57. The molecule has 1 aromatic heterocycles. The Balaban J connectivity index is 2.09. The molecule has 1 N–H and O–H groups in total. The van der Waals surface area contributed by atoms with Crippen molar-refractivity contribution in [2.45, 2.75) is 25.8 Å². The Morgan fingerprint density at radius 2 is 2.00 bits per heavy atom. The highest BCUT2D eigenvalue weighted by atomic mass is 15.2. The molecular formula is C13H23N5. The fraction of sp³-hybridized carbons (Fsp3) is 0.692. The van der Waals surface area contributed by atoms with Gasteiger partial charge < -0.3 is 15.1 Å². The standard InChI is InChI=1S/C13H23N5/c1-10-9-15-13(14-2)16-12(10)18-7-5-11(6-8-18)17(3)4/h9,11H,5-8H2,1-4H3,(H,14,15,16). The molecule has 1 aliphatic rings. The van der Waals surface area contributed by atoms with Crippen molar-refractivity contribution in [3.8, 4) is 0 Å². The van der Waals surface area contributed by atoms with Gasteiger partial charge >= 0.3 is 0 Å². The Hall–Kier alpha value is -1.36. The van der Waals surface area contributed by atoms with Gasteiger partial charge in [-0.3, -0.25) is 0 Å². The SMILES string of the molecule is CNc1ncc(C)c(N2CCC(N(C)C)CC2)n1. The predicted octanol–water partition coefficient (Wildman–Crippen LogP) is 1.36. The third-order valence-corrected chi connectivity index (χ3v) is 3.66. The van der Waals surface area contributed by atoms with Gasteiger partial charge in [-0.1, -0.05) is 0 Å². The average Bonchev–Trinajstić information content (AvgIpc) is 2.39. The number of nitrogens with zero attached hydrogens (tertiary/aromatic N) is 4. The first kappa shape index (κ1) is 13.1. The van der Waals surface area contributed by atoms with Crippen LogP contribution in [-0.2, 0) is 0 Å². The fourth-order valence-corrected chi connectivity index (χ4v) is 2.47. The van der Waals surface area contributed by atoms with Crippen LogP contribution in [0, 0.1) is 6.92 Å². The Kier molecular flexibility index (Phi) is 4.01. The van der Waals surface area contributed by atoms with Gasteiger partial charge in [0.2, 0.25) is 5.95 Å². The molecule has 0 bridgehead atoms. The molecule has 0 spiro atoms. The molecule has 18 heavy (non-hydrogen) atoms. The van der Waals surface area contributed by atoms with Crippen LogP contribution >= 0.6 is 0 Å². The third-order valence-electron chi connectivity index (χ3n) is 3.66. The number of hydrogen-bond donors (Lipinski definition) is 1. The van der Waals surface area contributed by atoms with Gasteiger partial charge in [-0.25, -0.2) is 4.98 Å². The van der Waals surface area contributed by atoms with E-state index >= 15 is 0 Å². The molecular weight excluding hydrogens is 226 g/mol. The molecule has 0 aliphatic carbocycles. The molecule has 1 aliphatic heterocycles. The molecule has 2 heterocycles. The van der Waals surface area contributed by atoms with Crippen LogP contribution in [0.15, 0.2) is 6.20 Å². The Bertz CT molecular complexity index is 396. The molecule has 1 aromatic rings. The van der Waals surface area contributed by atoms with Crippen molar-refractivity contribution in [2.24, 2.45) is 0 Å². The lowest BCUT2D eigenvalue weighted by Crippen LogP contribution is -2.42. The molecule has 0 atom stereocenters. The number of rotatable bonds is 3. The van der Waals surface area contributed by atoms with Gasteiger partial charge in [0.15, 0.2) is 0 Å². The highest BCUT2D eigenvalue weighted by molar-refractivity contribution is 5.49. The number of aryl methyl sites for hydroxylation is 1. The minimum Gasteiger partial charge on any atom is -0.357 e. The van der Waals surface area contributed by atoms with E-state index in [4.69, 9.17) is 0 Å². The summed E-state index contributed by atoms with van der Waals surface area (Å²) in [5.41, 5.74) is 1.15. The summed E-state index contributed by atoms with van der Waals surface area (Å²) in [6.07, 6.45) is 4.29. The van der Waals surface area contributed by atoms with Crippen LogP contribution in [0.3, 0.4) is 0 Å². The molecule has 100 valence electrons. The largest absolute Gasteiger partial charge is 0.357 e. The average molecular weight is 249 g/mol. The van der Waals surface area contributed by atoms with Crippen LogP contribution in [0.4, 0.5) is 11.8 Å². The molecule has 0 amide bonds. The molecule has 5 nitrogen and oxygen atoms in total. The zero-order chi connectivity index (χ0) is 13.1. The zero-order valence-corrected chi connectivity index (χ0v) is 11.8. The lowest BCUT2D eigenvalue weighted by Gasteiger charge is -2.36. The van der Waals surface area contributed by atoms with Gasteiger partial charge in [0, 0.05) is 37.9 Å². The van der Waals surface area contributed by atoms with Crippen molar-refractivity contribution in [1.29, 1.82) is 0 Å². The Morgan fingerprint density at radius 3 is 2.56 bits per heavy atom. The van der Waals surface area contributed by atoms with Crippen molar-refractivity contribution >= 4 is 11.8 Å². The van der Waals surface area contributed by atoms with E-state index in [1.54, 1.807) is 0 Å². The van der Waals surface area contributed by atoms with Crippen LogP contribution in [0.25, 0.3) is 0 Å². The zero-order valence-electron chi connectivity index (χ0n) is 11.8. The molecule has 1 saturated heterocycles. The van der Waals surface area contributed by atoms with Gasteiger partial charge in [0.1, 0.15) is 5.82 Å². The van der Waals surface area contributed by atoms with Crippen LogP contribution in [0.2, 0.25) is 0 Å². The number of hydrogen-bond acceptors (Lipinski definition) is 5. The van der Waals surface area contributed by atoms with Gasteiger partial charge in [-0.15, -0.1) is 0 Å². The highest BCUT2D eigenvalue weighted by Gasteiger charge is 2.22. The molecule has 0 aromatic carbocycles. The second kappa shape index (κ2) is 5.52. The summed E-state index contributed by atoms with van der Waals surface area (Å²) in [6.45, 7) is 4.22. The first-order valence-electron chi connectivity index (χ1n) is 6.54. The first-order chi connectivity index (χ1) is 8.61. The normalized spacial score (nSPS) is 17.3. The van der Waals surface area contributed by atoms with E-state index in [0.29, 0.717) is 12.0 Å². The monoisotopic (exact) mass is 249 g/mol. The topological polar surface area (TPSA) is 44.3 Å². The number of anilines is 2. The summed E-state index contributed by atoms with van der Waals surface area (Å²) in [4.78, 5) is 13.5. The molecule has 1 fully saturated rings. The molecule has 2 rings (SSSR count). The number of nitrogens with one attached hydrogen (secondary N) is 1. The van der Waals surface area contributed by atoms with Crippen molar-refractivity contribution < 1.29 is 0 Å². The maximum atomic E-state index is 4.57. The van der Waals surface area contributed by atoms with Crippen molar-refractivity contribution in [3.63, 3.8) is 0 Å². The molecule has 5 heteroatoms. The third kappa shape index (κ3) is 2.72. The molecule has 0 unspecified atom stereocenters. The van der Waals surface area contributed by atoms with Gasteiger partial charge in [-0.2, -0.15) is 4.98 Å². The summed E-state index contributed by atoms with van der Waals surface area (Å²) in [5.74, 6) is 1.77. The quantitative estimate of drug-likeness (QED) is 0.876. The first-order valence-corrected chi connectivity index (χ1v) is 6.54. The maximum Gasteiger partial charge on any atom is 0.224 e. The fourth-order valence-electron chi connectivity index (χ4n) is 2.47. The Morgan fingerprint density at radius 1 is 1.33 bits per heavy atom. The summed E-state index contributed by atoms with van der Waals surface area (Å²) in [7, 11) is 6.18. The van der Waals surface area contributed by atoms with Crippen molar-refractivity contribution in [1.82, 2.24) is 14.9 Å². The predicted molar refractivity (Wildman–Crippen MR) is 75.2 cm³/mol. The van der Waals surface area contributed by atoms with E-state index in [0.717, 1.165) is 24.5 Å². The molecule has 0 saturated carbocycles. The summed E-state index contributed by atoms with van der Waals surface area (Å²) < 4.78 is 0. The second-order valence-corrected chi connectivity index (χ2v) is 5.13. The van der Waals surface area contributed by atoms with Crippen LogP contribution in [0.5, 0.6) is 0 Å². The molecule has 0 radical (unpaired) electrons. The van der Waals surface area contributed by atoms with Crippen molar-refractivity contribution in [2.75, 3.05) is 44.4 Å². The van der Waals surface area contributed by atoms with Gasteiger partial charge in [0.05, 0.1) is 0 Å². The summed E-state index contributed by atoms with van der Waals surface area (Å²) in [6, 6.07) is 0.701. The van der Waals surface area contributed by atoms with E-state index in [-0.39, 0.29) is 0 Å². The Labute approximate surface area is 109 Å². The highest BCUT2D eigenvalue weighted by Crippen LogP contribution is 2.23.